The maximum atomic E-state index is 5.27. The summed E-state index contributed by atoms with van der Waals surface area (Å²) in [5.41, 5.74) is 2.52. The molecule has 0 bridgehead atoms. The SMILES string of the molecule is CCc1ccc(C=NN2CCOCC2)cc1. The van der Waals surface area contributed by atoms with Crippen molar-refractivity contribution in [1.82, 2.24) is 5.01 Å². The summed E-state index contributed by atoms with van der Waals surface area (Å²) in [4.78, 5) is 0. The van der Waals surface area contributed by atoms with Crippen LogP contribution in [0.4, 0.5) is 0 Å². The lowest BCUT2D eigenvalue weighted by atomic mass is 10.1. The van der Waals surface area contributed by atoms with Gasteiger partial charge in [-0.1, -0.05) is 31.2 Å². The third kappa shape index (κ3) is 3.07. The maximum absolute atomic E-state index is 5.27. The number of rotatable bonds is 3. The van der Waals surface area contributed by atoms with Crippen molar-refractivity contribution >= 4 is 6.21 Å². The summed E-state index contributed by atoms with van der Waals surface area (Å²) < 4.78 is 5.27. The van der Waals surface area contributed by atoms with Gasteiger partial charge in [0.15, 0.2) is 0 Å². The number of nitrogens with zero attached hydrogens (tertiary/aromatic N) is 2. The Morgan fingerprint density at radius 3 is 2.56 bits per heavy atom. The van der Waals surface area contributed by atoms with Crippen molar-refractivity contribution in [2.45, 2.75) is 13.3 Å². The lowest BCUT2D eigenvalue weighted by Crippen LogP contribution is -2.32. The van der Waals surface area contributed by atoms with E-state index in [0.29, 0.717) is 0 Å². The van der Waals surface area contributed by atoms with Gasteiger partial charge in [-0.2, -0.15) is 5.10 Å². The Balaban J connectivity index is 1.94. The number of hydrogen-bond donors (Lipinski definition) is 0. The molecule has 1 heterocycles. The van der Waals surface area contributed by atoms with Gasteiger partial charge in [0, 0.05) is 0 Å². The number of hydrazone groups is 1. The molecule has 86 valence electrons. The van der Waals surface area contributed by atoms with E-state index < -0.39 is 0 Å². The van der Waals surface area contributed by atoms with E-state index in [4.69, 9.17) is 4.74 Å². The molecular weight excluding hydrogens is 200 g/mol. The fraction of sp³-hybridized carbons (Fsp3) is 0.462. The van der Waals surface area contributed by atoms with Crippen LogP contribution in [0, 0.1) is 0 Å². The molecule has 0 atom stereocenters. The summed E-state index contributed by atoms with van der Waals surface area (Å²) in [6, 6.07) is 8.53. The second kappa shape index (κ2) is 5.66. The maximum Gasteiger partial charge on any atom is 0.0659 e. The molecule has 3 heteroatoms. The quantitative estimate of drug-likeness (QED) is 0.724. The number of aryl methyl sites for hydroxylation is 1. The Bertz CT molecular complexity index is 339. The Morgan fingerprint density at radius 1 is 1.25 bits per heavy atom. The fourth-order valence-corrected chi connectivity index (χ4v) is 1.66. The van der Waals surface area contributed by atoms with E-state index in [1.807, 2.05) is 6.21 Å². The van der Waals surface area contributed by atoms with Crippen LogP contribution in [0.1, 0.15) is 18.1 Å². The summed E-state index contributed by atoms with van der Waals surface area (Å²) in [7, 11) is 0. The molecule has 1 saturated heterocycles. The first-order valence-corrected chi connectivity index (χ1v) is 5.84. The standard InChI is InChI=1S/C13H18N2O/c1-2-12-3-5-13(6-4-12)11-14-15-7-9-16-10-8-15/h3-6,11H,2,7-10H2,1H3. The van der Waals surface area contributed by atoms with Gasteiger partial charge in [-0.05, 0) is 17.5 Å². The molecule has 0 amide bonds. The van der Waals surface area contributed by atoms with Crippen LogP contribution in [0.5, 0.6) is 0 Å². The molecule has 0 unspecified atom stereocenters. The lowest BCUT2D eigenvalue weighted by molar-refractivity contribution is 0.0397. The molecule has 0 aromatic heterocycles. The van der Waals surface area contributed by atoms with E-state index in [1.54, 1.807) is 0 Å². The van der Waals surface area contributed by atoms with E-state index in [-0.39, 0.29) is 0 Å². The van der Waals surface area contributed by atoms with Crippen LogP contribution in [0.2, 0.25) is 0 Å². The minimum atomic E-state index is 0.784. The zero-order valence-electron chi connectivity index (χ0n) is 9.72. The van der Waals surface area contributed by atoms with Crippen LogP contribution in [-0.2, 0) is 11.2 Å². The number of benzene rings is 1. The molecule has 1 aromatic carbocycles. The number of ether oxygens (including phenoxy) is 1. The molecule has 2 rings (SSSR count). The van der Waals surface area contributed by atoms with Crippen molar-refractivity contribution in [3.8, 4) is 0 Å². The van der Waals surface area contributed by atoms with Gasteiger partial charge in [-0.25, -0.2) is 0 Å². The van der Waals surface area contributed by atoms with Gasteiger partial charge >= 0.3 is 0 Å². The van der Waals surface area contributed by atoms with Crippen LogP contribution >= 0.6 is 0 Å². The van der Waals surface area contributed by atoms with Crippen molar-refractivity contribution in [2.24, 2.45) is 5.10 Å². The van der Waals surface area contributed by atoms with E-state index in [9.17, 15) is 0 Å². The van der Waals surface area contributed by atoms with Crippen molar-refractivity contribution < 1.29 is 4.74 Å². The Kier molecular flexibility index (Phi) is 3.94. The van der Waals surface area contributed by atoms with Gasteiger partial charge in [-0.15, -0.1) is 0 Å². The Hall–Kier alpha value is -1.35. The molecular formula is C13H18N2O. The molecule has 1 aliphatic rings. The van der Waals surface area contributed by atoms with Crippen molar-refractivity contribution in [2.75, 3.05) is 26.3 Å². The van der Waals surface area contributed by atoms with Crippen LogP contribution in [-0.4, -0.2) is 37.5 Å². The van der Waals surface area contributed by atoms with Crippen molar-refractivity contribution in [3.05, 3.63) is 35.4 Å². The Morgan fingerprint density at radius 2 is 1.94 bits per heavy atom. The second-order valence-corrected chi connectivity index (χ2v) is 3.91. The van der Waals surface area contributed by atoms with E-state index >= 15 is 0 Å². The third-order valence-corrected chi connectivity index (χ3v) is 2.75. The molecule has 1 aromatic rings. The van der Waals surface area contributed by atoms with E-state index in [2.05, 4.69) is 41.3 Å². The highest BCUT2D eigenvalue weighted by Gasteiger charge is 2.05. The molecule has 0 saturated carbocycles. The molecule has 0 N–H and O–H groups in total. The minimum Gasteiger partial charge on any atom is -0.378 e. The predicted octanol–water partition coefficient (Wildman–Crippen LogP) is 1.92. The van der Waals surface area contributed by atoms with Crippen molar-refractivity contribution in [1.29, 1.82) is 0 Å². The first-order valence-electron chi connectivity index (χ1n) is 5.84. The normalized spacial score (nSPS) is 16.9. The van der Waals surface area contributed by atoms with Gasteiger partial charge in [0.1, 0.15) is 0 Å². The van der Waals surface area contributed by atoms with Crippen LogP contribution in [0.15, 0.2) is 29.4 Å². The summed E-state index contributed by atoms with van der Waals surface area (Å²) in [6.07, 6.45) is 3.01. The van der Waals surface area contributed by atoms with Crippen LogP contribution < -0.4 is 0 Å². The molecule has 0 radical (unpaired) electrons. The average Bonchev–Trinajstić information content (AvgIpc) is 2.38. The van der Waals surface area contributed by atoms with Gasteiger partial charge in [0.05, 0.1) is 32.5 Å². The molecule has 3 nitrogen and oxygen atoms in total. The van der Waals surface area contributed by atoms with Crippen LogP contribution in [0.3, 0.4) is 0 Å². The highest BCUT2D eigenvalue weighted by molar-refractivity contribution is 5.79. The molecule has 0 spiro atoms. The zero-order valence-corrected chi connectivity index (χ0v) is 9.72. The van der Waals surface area contributed by atoms with Crippen LogP contribution in [0.25, 0.3) is 0 Å². The van der Waals surface area contributed by atoms with Gasteiger partial charge in [-0.3, -0.25) is 5.01 Å². The monoisotopic (exact) mass is 218 g/mol. The zero-order chi connectivity index (χ0) is 11.2. The molecule has 16 heavy (non-hydrogen) atoms. The number of morpholine rings is 1. The summed E-state index contributed by atoms with van der Waals surface area (Å²) >= 11 is 0. The first-order chi connectivity index (χ1) is 7.88. The van der Waals surface area contributed by atoms with E-state index in [1.165, 1.54) is 5.56 Å². The minimum absolute atomic E-state index is 0.784. The summed E-state index contributed by atoms with van der Waals surface area (Å²) in [5.74, 6) is 0. The third-order valence-electron chi connectivity index (χ3n) is 2.75. The predicted molar refractivity (Wildman–Crippen MR) is 65.8 cm³/mol. The largest absolute Gasteiger partial charge is 0.378 e. The lowest BCUT2D eigenvalue weighted by Gasteiger charge is -2.23. The van der Waals surface area contributed by atoms with Crippen molar-refractivity contribution in [3.63, 3.8) is 0 Å². The molecule has 1 aliphatic heterocycles. The second-order valence-electron chi connectivity index (χ2n) is 3.91. The number of hydrogen-bond acceptors (Lipinski definition) is 3. The summed E-state index contributed by atoms with van der Waals surface area (Å²) in [5, 5.41) is 6.49. The smallest absolute Gasteiger partial charge is 0.0659 e. The summed E-state index contributed by atoms with van der Waals surface area (Å²) in [6.45, 7) is 5.52. The van der Waals surface area contributed by atoms with Gasteiger partial charge in [0.25, 0.3) is 0 Å². The average molecular weight is 218 g/mol. The highest BCUT2D eigenvalue weighted by atomic mass is 16.5. The first kappa shape index (κ1) is 11.1. The Labute approximate surface area is 96.7 Å². The van der Waals surface area contributed by atoms with E-state index in [0.717, 1.165) is 38.3 Å². The topological polar surface area (TPSA) is 24.8 Å². The van der Waals surface area contributed by atoms with Gasteiger partial charge < -0.3 is 4.74 Å². The molecule has 1 fully saturated rings. The molecule has 0 aliphatic carbocycles. The highest BCUT2D eigenvalue weighted by Crippen LogP contribution is 2.04. The fourth-order valence-electron chi connectivity index (χ4n) is 1.66. The van der Waals surface area contributed by atoms with Gasteiger partial charge in [0.2, 0.25) is 0 Å².